The third kappa shape index (κ3) is 3.57. The van der Waals surface area contributed by atoms with Crippen LogP contribution in [-0.4, -0.2) is 41.7 Å². The SMILES string of the molecule is Cc1ccc(OC2CCN(S(=O)(=O)c3c(C)nn(C)c3C)CC2)cc1. The molecule has 1 aliphatic rings. The average molecular weight is 363 g/mol. The summed E-state index contributed by atoms with van der Waals surface area (Å²) in [4.78, 5) is 0.341. The summed E-state index contributed by atoms with van der Waals surface area (Å²) in [6, 6.07) is 7.95. The van der Waals surface area contributed by atoms with Gasteiger partial charge in [-0.1, -0.05) is 17.7 Å². The Labute approximate surface area is 149 Å². The number of piperidine rings is 1. The molecular formula is C18H25N3O3S. The van der Waals surface area contributed by atoms with Crippen molar-refractivity contribution in [1.29, 1.82) is 0 Å². The fourth-order valence-electron chi connectivity index (χ4n) is 3.26. The van der Waals surface area contributed by atoms with Crippen molar-refractivity contribution in [1.82, 2.24) is 14.1 Å². The molecule has 1 fully saturated rings. The van der Waals surface area contributed by atoms with Crippen LogP contribution < -0.4 is 4.74 Å². The molecule has 0 amide bonds. The van der Waals surface area contributed by atoms with Gasteiger partial charge in [0.2, 0.25) is 10.0 Å². The molecular weight excluding hydrogens is 338 g/mol. The first-order valence-electron chi connectivity index (χ1n) is 8.52. The van der Waals surface area contributed by atoms with Gasteiger partial charge in [0.1, 0.15) is 16.7 Å². The highest BCUT2D eigenvalue weighted by molar-refractivity contribution is 7.89. The van der Waals surface area contributed by atoms with Crippen molar-refractivity contribution in [2.45, 2.75) is 44.6 Å². The Morgan fingerprint density at radius 1 is 1.08 bits per heavy atom. The molecule has 25 heavy (non-hydrogen) atoms. The maximum atomic E-state index is 13.0. The largest absolute Gasteiger partial charge is 0.490 e. The maximum Gasteiger partial charge on any atom is 0.246 e. The van der Waals surface area contributed by atoms with Gasteiger partial charge in [0.05, 0.1) is 11.4 Å². The van der Waals surface area contributed by atoms with Gasteiger partial charge in [0, 0.05) is 20.1 Å². The average Bonchev–Trinajstić information content (AvgIpc) is 2.83. The molecule has 0 aliphatic carbocycles. The Bertz CT molecular complexity index is 848. The third-order valence-electron chi connectivity index (χ3n) is 4.77. The molecule has 136 valence electrons. The summed E-state index contributed by atoms with van der Waals surface area (Å²) < 4.78 is 35.1. The number of sulfonamides is 1. The zero-order chi connectivity index (χ0) is 18.2. The van der Waals surface area contributed by atoms with Crippen molar-refractivity contribution in [3.05, 3.63) is 41.2 Å². The van der Waals surface area contributed by atoms with Crippen LogP contribution in [0.3, 0.4) is 0 Å². The zero-order valence-corrected chi connectivity index (χ0v) is 16.0. The number of benzene rings is 1. The van der Waals surface area contributed by atoms with Crippen LogP contribution in [0.1, 0.15) is 29.8 Å². The van der Waals surface area contributed by atoms with E-state index >= 15 is 0 Å². The van der Waals surface area contributed by atoms with E-state index in [1.54, 1.807) is 29.9 Å². The first-order valence-corrected chi connectivity index (χ1v) is 9.96. The lowest BCUT2D eigenvalue weighted by molar-refractivity contribution is 0.135. The second kappa shape index (κ2) is 6.80. The normalized spacial score (nSPS) is 17.0. The van der Waals surface area contributed by atoms with Crippen molar-refractivity contribution in [3.8, 4) is 5.75 Å². The summed E-state index contributed by atoms with van der Waals surface area (Å²) in [5.41, 5.74) is 2.42. The zero-order valence-electron chi connectivity index (χ0n) is 15.2. The molecule has 7 heteroatoms. The highest BCUT2D eigenvalue weighted by atomic mass is 32.2. The Hall–Kier alpha value is -1.86. The van der Waals surface area contributed by atoms with Gasteiger partial charge in [-0.25, -0.2) is 8.42 Å². The minimum absolute atomic E-state index is 0.0465. The van der Waals surface area contributed by atoms with Crippen LogP contribution in [0.5, 0.6) is 5.75 Å². The van der Waals surface area contributed by atoms with Gasteiger partial charge < -0.3 is 4.74 Å². The molecule has 2 heterocycles. The topological polar surface area (TPSA) is 64.4 Å². The van der Waals surface area contributed by atoms with Crippen LogP contribution in [0.25, 0.3) is 0 Å². The van der Waals surface area contributed by atoms with E-state index in [2.05, 4.69) is 5.10 Å². The fraction of sp³-hybridized carbons (Fsp3) is 0.500. The number of aromatic nitrogens is 2. The molecule has 0 N–H and O–H groups in total. The summed E-state index contributed by atoms with van der Waals surface area (Å²) in [6.45, 7) is 6.50. The number of hydrogen-bond donors (Lipinski definition) is 0. The Balaban J connectivity index is 1.68. The molecule has 3 rings (SSSR count). The first kappa shape index (κ1) is 17.9. The molecule has 0 radical (unpaired) electrons. The van der Waals surface area contributed by atoms with Crippen molar-refractivity contribution >= 4 is 10.0 Å². The standard InChI is InChI=1S/C18H25N3O3S/c1-13-5-7-16(8-6-13)24-17-9-11-21(12-10-17)25(22,23)18-14(2)19-20(4)15(18)3/h5-8,17H,9-12H2,1-4H3. The van der Waals surface area contributed by atoms with E-state index in [1.165, 1.54) is 5.56 Å². The Morgan fingerprint density at radius 2 is 1.68 bits per heavy atom. The van der Waals surface area contributed by atoms with Gasteiger partial charge in [-0.15, -0.1) is 0 Å². The van der Waals surface area contributed by atoms with E-state index in [9.17, 15) is 8.42 Å². The molecule has 0 unspecified atom stereocenters. The van der Waals surface area contributed by atoms with Gasteiger partial charge >= 0.3 is 0 Å². The summed E-state index contributed by atoms with van der Waals surface area (Å²) in [5, 5.41) is 4.24. The molecule has 1 aliphatic heterocycles. The summed E-state index contributed by atoms with van der Waals surface area (Å²) in [5.74, 6) is 0.839. The van der Waals surface area contributed by atoms with Crippen LogP contribution in [0, 0.1) is 20.8 Å². The Morgan fingerprint density at radius 3 is 2.20 bits per heavy atom. The molecule has 6 nitrogen and oxygen atoms in total. The van der Waals surface area contributed by atoms with Crippen molar-refractivity contribution < 1.29 is 13.2 Å². The highest BCUT2D eigenvalue weighted by Gasteiger charge is 2.33. The summed E-state index contributed by atoms with van der Waals surface area (Å²) >= 11 is 0. The van der Waals surface area contributed by atoms with Crippen molar-refractivity contribution in [2.75, 3.05) is 13.1 Å². The van der Waals surface area contributed by atoms with E-state index in [0.717, 1.165) is 5.75 Å². The second-order valence-corrected chi connectivity index (χ2v) is 8.53. The number of aryl methyl sites for hydroxylation is 3. The van der Waals surface area contributed by atoms with Crippen LogP contribution >= 0.6 is 0 Å². The lowest BCUT2D eigenvalue weighted by Crippen LogP contribution is -2.42. The Kier molecular flexibility index (Phi) is 4.88. The minimum atomic E-state index is -3.51. The van der Waals surface area contributed by atoms with Crippen LogP contribution in [0.2, 0.25) is 0 Å². The van der Waals surface area contributed by atoms with Gasteiger partial charge in [0.25, 0.3) is 0 Å². The molecule has 0 spiro atoms. The van der Waals surface area contributed by atoms with Crippen LogP contribution in [-0.2, 0) is 17.1 Å². The van der Waals surface area contributed by atoms with Crippen molar-refractivity contribution in [2.24, 2.45) is 7.05 Å². The number of nitrogens with zero attached hydrogens (tertiary/aromatic N) is 3. The monoisotopic (exact) mass is 363 g/mol. The summed E-state index contributed by atoms with van der Waals surface area (Å²) in [7, 11) is -1.74. The molecule has 1 aromatic heterocycles. The van der Waals surface area contributed by atoms with E-state index in [1.807, 2.05) is 31.2 Å². The number of ether oxygens (including phenoxy) is 1. The first-order chi connectivity index (χ1) is 11.8. The molecule has 0 bridgehead atoms. The molecule has 0 saturated carbocycles. The molecule has 0 atom stereocenters. The van der Waals surface area contributed by atoms with Gasteiger partial charge in [-0.05, 0) is 45.7 Å². The predicted octanol–water partition coefficient (Wildman–Crippen LogP) is 2.58. The van der Waals surface area contributed by atoms with Crippen molar-refractivity contribution in [3.63, 3.8) is 0 Å². The van der Waals surface area contributed by atoms with E-state index in [0.29, 0.717) is 42.2 Å². The van der Waals surface area contributed by atoms with Crippen LogP contribution in [0.4, 0.5) is 0 Å². The number of hydrogen-bond acceptors (Lipinski definition) is 4. The second-order valence-electron chi connectivity index (χ2n) is 6.66. The van der Waals surface area contributed by atoms with Crippen LogP contribution in [0.15, 0.2) is 29.2 Å². The molecule has 2 aromatic rings. The van der Waals surface area contributed by atoms with E-state index in [4.69, 9.17) is 4.74 Å². The van der Waals surface area contributed by atoms with Gasteiger partial charge in [0.15, 0.2) is 0 Å². The number of rotatable bonds is 4. The molecule has 1 saturated heterocycles. The smallest absolute Gasteiger partial charge is 0.246 e. The summed E-state index contributed by atoms with van der Waals surface area (Å²) in [6.07, 6.45) is 1.42. The predicted molar refractivity (Wildman–Crippen MR) is 96.3 cm³/mol. The van der Waals surface area contributed by atoms with E-state index in [-0.39, 0.29) is 6.10 Å². The van der Waals surface area contributed by atoms with E-state index < -0.39 is 10.0 Å². The minimum Gasteiger partial charge on any atom is -0.490 e. The molecule has 1 aromatic carbocycles. The van der Waals surface area contributed by atoms with Gasteiger partial charge in [-0.2, -0.15) is 9.40 Å². The quantitative estimate of drug-likeness (QED) is 0.837. The van der Waals surface area contributed by atoms with Gasteiger partial charge in [-0.3, -0.25) is 4.68 Å². The third-order valence-corrected chi connectivity index (χ3v) is 6.92. The fourth-order valence-corrected chi connectivity index (χ4v) is 5.13. The lowest BCUT2D eigenvalue weighted by atomic mass is 10.1. The maximum absolute atomic E-state index is 13.0. The lowest BCUT2D eigenvalue weighted by Gasteiger charge is -2.31. The highest BCUT2D eigenvalue weighted by Crippen LogP contribution is 2.27.